The van der Waals surface area contributed by atoms with Crippen molar-refractivity contribution in [2.24, 2.45) is 5.92 Å². The quantitative estimate of drug-likeness (QED) is 0.868. The number of carbonyl (C=O) groups excluding carboxylic acids is 1. The summed E-state index contributed by atoms with van der Waals surface area (Å²) in [5.74, 6) is 1.98. The summed E-state index contributed by atoms with van der Waals surface area (Å²) in [4.78, 5) is 21.7. The summed E-state index contributed by atoms with van der Waals surface area (Å²) in [6.07, 6.45) is 3.61. The molecule has 3 rings (SSSR count). The fraction of sp³-hybridized carbons (Fsp3) is 0.500. The Morgan fingerprint density at radius 2 is 2.24 bits per heavy atom. The molecule has 3 heterocycles. The summed E-state index contributed by atoms with van der Waals surface area (Å²) in [6.45, 7) is 7.24. The van der Waals surface area contributed by atoms with E-state index in [0.29, 0.717) is 23.7 Å². The van der Waals surface area contributed by atoms with E-state index in [-0.39, 0.29) is 5.91 Å². The summed E-state index contributed by atoms with van der Waals surface area (Å²) in [5.41, 5.74) is 1.86. The van der Waals surface area contributed by atoms with Gasteiger partial charge >= 0.3 is 0 Å². The van der Waals surface area contributed by atoms with E-state index in [1.54, 1.807) is 12.3 Å². The van der Waals surface area contributed by atoms with Gasteiger partial charge in [-0.15, -0.1) is 0 Å². The van der Waals surface area contributed by atoms with E-state index >= 15 is 0 Å². The van der Waals surface area contributed by atoms with Crippen LogP contribution in [0.15, 0.2) is 16.7 Å². The average molecular weight is 341 g/mol. The number of piperidine rings is 1. The van der Waals surface area contributed by atoms with Gasteiger partial charge in [-0.3, -0.25) is 9.69 Å². The van der Waals surface area contributed by atoms with Gasteiger partial charge in [-0.05, 0) is 51.8 Å². The maximum absolute atomic E-state index is 12.1. The Balaban J connectivity index is 1.41. The van der Waals surface area contributed by atoms with Crippen molar-refractivity contribution >= 4 is 5.91 Å². The highest BCUT2D eigenvalue weighted by Gasteiger charge is 2.21. The highest BCUT2D eigenvalue weighted by molar-refractivity contribution is 5.92. The molecule has 0 radical (unpaired) electrons. The van der Waals surface area contributed by atoms with E-state index in [2.05, 4.69) is 20.2 Å². The van der Waals surface area contributed by atoms with E-state index < -0.39 is 0 Å². The molecule has 2 aromatic heterocycles. The first-order valence-electron chi connectivity index (χ1n) is 8.57. The molecule has 25 heavy (non-hydrogen) atoms. The van der Waals surface area contributed by atoms with Gasteiger partial charge in [0.2, 0.25) is 5.89 Å². The van der Waals surface area contributed by atoms with Crippen molar-refractivity contribution in [3.05, 3.63) is 40.9 Å². The van der Waals surface area contributed by atoms with Crippen LogP contribution in [0.1, 0.15) is 46.2 Å². The maximum atomic E-state index is 12.1. The zero-order chi connectivity index (χ0) is 17.8. The van der Waals surface area contributed by atoms with Crippen LogP contribution in [0.25, 0.3) is 0 Å². The molecule has 2 aromatic rings. The van der Waals surface area contributed by atoms with Crippen molar-refractivity contribution in [1.82, 2.24) is 20.2 Å². The van der Waals surface area contributed by atoms with Crippen LogP contribution in [0, 0.1) is 31.1 Å². The molecule has 1 aliphatic rings. The summed E-state index contributed by atoms with van der Waals surface area (Å²) >= 11 is 0. The lowest BCUT2D eigenvalue weighted by molar-refractivity contribution is 0.0929. The number of H-pyrrole nitrogens is 1. The van der Waals surface area contributed by atoms with Crippen molar-refractivity contribution in [3.8, 4) is 6.07 Å². The van der Waals surface area contributed by atoms with Crippen LogP contribution in [-0.2, 0) is 6.54 Å². The first kappa shape index (κ1) is 17.2. The number of hydrogen-bond acceptors (Lipinski definition) is 5. The molecule has 0 unspecified atom stereocenters. The lowest BCUT2D eigenvalue weighted by Gasteiger charge is -2.31. The predicted octanol–water partition coefficient (Wildman–Crippen LogP) is 2.13. The van der Waals surface area contributed by atoms with Crippen LogP contribution >= 0.6 is 0 Å². The number of nitrogens with zero attached hydrogens (tertiary/aromatic N) is 3. The molecule has 1 fully saturated rings. The minimum Gasteiger partial charge on any atom is -0.444 e. The van der Waals surface area contributed by atoms with Crippen LogP contribution < -0.4 is 5.32 Å². The highest BCUT2D eigenvalue weighted by atomic mass is 16.4. The fourth-order valence-electron chi connectivity index (χ4n) is 3.07. The largest absolute Gasteiger partial charge is 0.444 e. The second-order valence-electron chi connectivity index (χ2n) is 6.59. The summed E-state index contributed by atoms with van der Waals surface area (Å²) < 4.78 is 5.65. The molecule has 0 atom stereocenters. The predicted molar refractivity (Wildman–Crippen MR) is 91.8 cm³/mol. The third-order valence-corrected chi connectivity index (χ3v) is 4.75. The topological polar surface area (TPSA) is 98.0 Å². The molecule has 132 valence electrons. The minimum atomic E-state index is -0.158. The van der Waals surface area contributed by atoms with Crippen molar-refractivity contribution in [2.75, 3.05) is 19.6 Å². The second kappa shape index (κ2) is 7.53. The Labute approximate surface area is 147 Å². The molecule has 7 heteroatoms. The molecular weight excluding hydrogens is 318 g/mol. The smallest absolute Gasteiger partial charge is 0.267 e. The number of oxazole rings is 1. The molecule has 0 spiro atoms. The number of aromatic amines is 1. The average Bonchev–Trinajstić information content (AvgIpc) is 3.21. The number of nitriles is 1. The number of hydrogen-bond donors (Lipinski definition) is 2. The van der Waals surface area contributed by atoms with E-state index in [0.717, 1.165) is 49.8 Å². The molecule has 1 aliphatic heterocycles. The zero-order valence-corrected chi connectivity index (χ0v) is 14.6. The third-order valence-electron chi connectivity index (χ3n) is 4.75. The van der Waals surface area contributed by atoms with Gasteiger partial charge < -0.3 is 14.7 Å². The monoisotopic (exact) mass is 341 g/mol. The van der Waals surface area contributed by atoms with Crippen molar-refractivity contribution in [2.45, 2.75) is 33.2 Å². The molecule has 0 bridgehead atoms. The molecule has 1 saturated heterocycles. The van der Waals surface area contributed by atoms with Crippen LogP contribution in [0.4, 0.5) is 0 Å². The van der Waals surface area contributed by atoms with Crippen molar-refractivity contribution in [1.29, 1.82) is 5.26 Å². The number of rotatable bonds is 5. The number of aromatic nitrogens is 2. The van der Waals surface area contributed by atoms with Gasteiger partial charge in [0.25, 0.3) is 5.91 Å². The van der Waals surface area contributed by atoms with Crippen LogP contribution in [0.3, 0.4) is 0 Å². The lowest BCUT2D eigenvalue weighted by Crippen LogP contribution is -2.38. The van der Waals surface area contributed by atoms with E-state index in [9.17, 15) is 4.79 Å². The van der Waals surface area contributed by atoms with E-state index in [1.165, 1.54) is 0 Å². The Bertz CT molecular complexity index is 758. The van der Waals surface area contributed by atoms with Crippen LogP contribution in [-0.4, -0.2) is 40.4 Å². The van der Waals surface area contributed by atoms with Crippen molar-refractivity contribution < 1.29 is 9.21 Å². The molecule has 0 aromatic carbocycles. The lowest BCUT2D eigenvalue weighted by atomic mass is 9.97. The Morgan fingerprint density at radius 1 is 1.48 bits per heavy atom. The van der Waals surface area contributed by atoms with Crippen molar-refractivity contribution in [3.63, 3.8) is 0 Å². The Hall–Kier alpha value is -2.59. The summed E-state index contributed by atoms with van der Waals surface area (Å²) in [5, 5.41) is 11.7. The van der Waals surface area contributed by atoms with Gasteiger partial charge in [0.1, 0.15) is 17.5 Å². The molecule has 0 aliphatic carbocycles. The number of nitrogens with one attached hydrogen (secondary N) is 2. The third kappa shape index (κ3) is 4.28. The SMILES string of the molecule is Cc1nc(CN2CCC(CNC(=O)c3cc(C#N)c[nH]3)CC2)oc1C. The van der Waals surface area contributed by atoms with Gasteiger partial charge in [-0.2, -0.15) is 5.26 Å². The first-order valence-corrected chi connectivity index (χ1v) is 8.57. The summed E-state index contributed by atoms with van der Waals surface area (Å²) in [6, 6.07) is 3.58. The van der Waals surface area contributed by atoms with Gasteiger partial charge in [0.15, 0.2) is 0 Å². The molecular formula is C18H23N5O2. The second-order valence-corrected chi connectivity index (χ2v) is 6.59. The number of likely N-dealkylation sites (tertiary alicyclic amines) is 1. The van der Waals surface area contributed by atoms with Gasteiger partial charge in [-0.25, -0.2) is 4.98 Å². The Kier molecular flexibility index (Phi) is 5.19. The van der Waals surface area contributed by atoms with Crippen LogP contribution in [0.5, 0.6) is 0 Å². The zero-order valence-electron chi connectivity index (χ0n) is 14.6. The number of amides is 1. The highest BCUT2D eigenvalue weighted by Crippen LogP contribution is 2.19. The fourth-order valence-corrected chi connectivity index (χ4v) is 3.07. The minimum absolute atomic E-state index is 0.158. The number of carbonyl (C=O) groups is 1. The first-order chi connectivity index (χ1) is 12.0. The standard InChI is InChI=1S/C18H23N5O2/c1-12-13(2)25-17(22-12)11-23-5-3-14(4-6-23)9-21-18(24)16-7-15(8-19)10-20-16/h7,10,14,20H,3-6,9,11H2,1-2H3,(H,21,24). The normalized spacial score (nSPS) is 15.9. The van der Waals surface area contributed by atoms with E-state index in [1.807, 2.05) is 19.9 Å². The van der Waals surface area contributed by atoms with E-state index in [4.69, 9.17) is 9.68 Å². The maximum Gasteiger partial charge on any atom is 0.267 e. The van der Waals surface area contributed by atoms with Gasteiger partial charge in [-0.1, -0.05) is 0 Å². The molecule has 2 N–H and O–H groups in total. The number of aryl methyl sites for hydroxylation is 2. The van der Waals surface area contributed by atoms with Gasteiger partial charge in [0.05, 0.1) is 17.8 Å². The van der Waals surface area contributed by atoms with Gasteiger partial charge in [0, 0.05) is 12.7 Å². The summed E-state index contributed by atoms with van der Waals surface area (Å²) in [7, 11) is 0. The molecule has 1 amide bonds. The molecule has 7 nitrogen and oxygen atoms in total. The van der Waals surface area contributed by atoms with Crippen LogP contribution in [0.2, 0.25) is 0 Å². The Morgan fingerprint density at radius 3 is 2.84 bits per heavy atom. The molecule has 0 saturated carbocycles.